The number of aromatic amines is 1. The molecule has 1 aromatic carbocycles. The van der Waals surface area contributed by atoms with Crippen molar-refractivity contribution in [3.05, 3.63) is 46.2 Å². The normalized spacial score (nSPS) is 10.7. The van der Waals surface area contributed by atoms with Gasteiger partial charge in [-0.1, -0.05) is 43.8 Å². The Hall–Kier alpha value is -2.28. The lowest BCUT2D eigenvalue weighted by molar-refractivity contribution is -0.113. The molecule has 0 spiro atoms. The highest BCUT2D eigenvalue weighted by Crippen LogP contribution is 2.24. The van der Waals surface area contributed by atoms with E-state index in [0.717, 1.165) is 23.0 Å². The molecule has 1 aromatic heterocycles. The number of H-pyrrole nitrogens is 1. The molecule has 0 saturated heterocycles. The van der Waals surface area contributed by atoms with Crippen molar-refractivity contribution < 1.29 is 4.79 Å². The maximum Gasteiger partial charge on any atom is 0.253 e. The van der Waals surface area contributed by atoms with E-state index in [1.165, 1.54) is 6.07 Å². The van der Waals surface area contributed by atoms with Gasteiger partial charge in [0.1, 0.15) is 5.82 Å². The second-order valence-electron chi connectivity index (χ2n) is 5.05. The molecule has 0 bridgehead atoms. The molecule has 0 fully saturated rings. The zero-order valence-corrected chi connectivity index (χ0v) is 13.2. The van der Waals surface area contributed by atoms with Gasteiger partial charge in [-0.05, 0) is 17.5 Å². The molecular weight excluding hydrogens is 300 g/mol. The number of anilines is 2. The largest absolute Gasteiger partial charge is 0.383 e. The monoisotopic (exact) mass is 318 g/mol. The van der Waals surface area contributed by atoms with E-state index in [4.69, 9.17) is 5.73 Å². The molecule has 116 valence electrons. The molecule has 4 N–H and O–H groups in total. The van der Waals surface area contributed by atoms with Gasteiger partial charge >= 0.3 is 0 Å². The number of rotatable bonds is 5. The van der Waals surface area contributed by atoms with E-state index < -0.39 is 0 Å². The Morgan fingerprint density at radius 2 is 2.14 bits per heavy atom. The smallest absolute Gasteiger partial charge is 0.253 e. The van der Waals surface area contributed by atoms with E-state index in [9.17, 15) is 9.59 Å². The van der Waals surface area contributed by atoms with Crippen molar-refractivity contribution in [2.75, 3.05) is 16.8 Å². The van der Waals surface area contributed by atoms with Gasteiger partial charge in [-0.25, -0.2) is 4.98 Å². The zero-order valence-electron chi connectivity index (χ0n) is 12.4. The van der Waals surface area contributed by atoms with Crippen LogP contribution >= 0.6 is 11.8 Å². The Bertz CT molecular complexity index is 727. The Balaban J connectivity index is 2.00. The summed E-state index contributed by atoms with van der Waals surface area (Å²) >= 11 is 1.13. The first-order valence-corrected chi connectivity index (χ1v) is 7.82. The van der Waals surface area contributed by atoms with Crippen LogP contribution in [0, 0.1) is 0 Å². The van der Waals surface area contributed by atoms with Crippen molar-refractivity contribution in [3.63, 3.8) is 0 Å². The van der Waals surface area contributed by atoms with Crippen molar-refractivity contribution in [1.82, 2.24) is 9.97 Å². The Morgan fingerprint density at radius 1 is 1.41 bits per heavy atom. The van der Waals surface area contributed by atoms with Crippen LogP contribution in [0.25, 0.3) is 0 Å². The molecule has 22 heavy (non-hydrogen) atoms. The minimum Gasteiger partial charge on any atom is -0.383 e. The number of aromatic nitrogens is 2. The molecule has 1 heterocycles. The lowest BCUT2D eigenvalue weighted by Gasteiger charge is -2.13. The first kappa shape index (κ1) is 16.1. The minimum absolute atomic E-state index is 0.136. The molecule has 0 aliphatic rings. The second kappa shape index (κ2) is 7.13. The van der Waals surface area contributed by atoms with Crippen molar-refractivity contribution in [1.29, 1.82) is 0 Å². The molecule has 0 radical (unpaired) electrons. The second-order valence-corrected chi connectivity index (χ2v) is 6.02. The van der Waals surface area contributed by atoms with Gasteiger partial charge in [0.15, 0.2) is 5.16 Å². The fraction of sp³-hybridized carbons (Fsp3) is 0.267. The van der Waals surface area contributed by atoms with Crippen LogP contribution in [0.1, 0.15) is 25.3 Å². The number of nitrogen functional groups attached to an aromatic ring is 1. The maximum absolute atomic E-state index is 12.0. The molecule has 6 nitrogen and oxygen atoms in total. The number of carbonyl (C=O) groups is 1. The van der Waals surface area contributed by atoms with E-state index >= 15 is 0 Å². The van der Waals surface area contributed by atoms with Crippen molar-refractivity contribution in [2.24, 2.45) is 0 Å². The Labute approximate surface area is 132 Å². The third kappa shape index (κ3) is 4.36. The summed E-state index contributed by atoms with van der Waals surface area (Å²) in [6.07, 6.45) is 0. The van der Waals surface area contributed by atoms with E-state index in [-0.39, 0.29) is 23.0 Å². The van der Waals surface area contributed by atoms with Crippen LogP contribution < -0.4 is 16.6 Å². The van der Waals surface area contributed by atoms with E-state index in [1.807, 2.05) is 24.3 Å². The number of hydrogen-bond donors (Lipinski definition) is 3. The molecule has 0 aliphatic heterocycles. The van der Waals surface area contributed by atoms with E-state index in [0.29, 0.717) is 11.1 Å². The van der Waals surface area contributed by atoms with Crippen molar-refractivity contribution >= 4 is 29.2 Å². The molecule has 2 aromatic rings. The molecule has 7 heteroatoms. The van der Waals surface area contributed by atoms with Crippen LogP contribution in [0.2, 0.25) is 0 Å². The highest BCUT2D eigenvalue weighted by atomic mass is 32.2. The van der Waals surface area contributed by atoms with Gasteiger partial charge < -0.3 is 16.0 Å². The topological polar surface area (TPSA) is 101 Å². The quantitative estimate of drug-likeness (QED) is 0.579. The highest BCUT2D eigenvalue weighted by molar-refractivity contribution is 7.99. The third-order valence-corrected chi connectivity index (χ3v) is 3.81. The molecular formula is C15H18N4O2S. The van der Waals surface area contributed by atoms with Gasteiger partial charge in [0.05, 0.1) is 5.75 Å². The zero-order chi connectivity index (χ0) is 16.1. The van der Waals surface area contributed by atoms with Gasteiger partial charge in [0.2, 0.25) is 5.91 Å². The van der Waals surface area contributed by atoms with Crippen LogP contribution in [-0.4, -0.2) is 21.6 Å². The summed E-state index contributed by atoms with van der Waals surface area (Å²) in [5.41, 5.74) is 7.05. The first-order chi connectivity index (χ1) is 10.5. The summed E-state index contributed by atoms with van der Waals surface area (Å²) in [4.78, 5) is 29.8. The average Bonchev–Trinajstić information content (AvgIpc) is 2.44. The molecule has 0 atom stereocenters. The van der Waals surface area contributed by atoms with Crippen LogP contribution in [0.3, 0.4) is 0 Å². The maximum atomic E-state index is 12.0. The van der Waals surface area contributed by atoms with Crippen LogP contribution in [0.5, 0.6) is 0 Å². The number of amides is 1. The van der Waals surface area contributed by atoms with Gasteiger partial charge in [0.25, 0.3) is 5.56 Å². The lowest BCUT2D eigenvalue weighted by Crippen LogP contribution is -2.17. The fourth-order valence-corrected chi connectivity index (χ4v) is 2.64. The number of carbonyl (C=O) groups excluding carboxylic acids is 1. The van der Waals surface area contributed by atoms with Gasteiger partial charge in [-0.3, -0.25) is 9.59 Å². The van der Waals surface area contributed by atoms with Crippen molar-refractivity contribution in [2.45, 2.75) is 24.9 Å². The summed E-state index contributed by atoms with van der Waals surface area (Å²) < 4.78 is 0. The lowest BCUT2D eigenvalue weighted by atomic mass is 10.0. The van der Waals surface area contributed by atoms with E-state index in [2.05, 4.69) is 29.1 Å². The standard InChI is InChI=1S/C15H18N4O2S/c1-9(2)10-5-3-4-6-11(10)17-14(21)8-22-15-18-12(16)7-13(20)19-15/h3-7,9H,8H2,1-2H3,(H,17,21)(H3,16,18,19,20). The predicted molar refractivity (Wildman–Crippen MR) is 89.2 cm³/mol. The Kier molecular flexibility index (Phi) is 5.21. The highest BCUT2D eigenvalue weighted by Gasteiger charge is 2.10. The number of nitrogens with zero attached hydrogens (tertiary/aromatic N) is 1. The van der Waals surface area contributed by atoms with E-state index in [1.54, 1.807) is 0 Å². The number of para-hydroxylation sites is 1. The summed E-state index contributed by atoms with van der Waals surface area (Å²) in [5, 5.41) is 3.21. The average molecular weight is 318 g/mol. The number of benzene rings is 1. The summed E-state index contributed by atoms with van der Waals surface area (Å²) in [6, 6.07) is 8.89. The minimum atomic E-state index is -0.333. The van der Waals surface area contributed by atoms with Gasteiger partial charge in [0, 0.05) is 11.8 Å². The number of hydrogen-bond acceptors (Lipinski definition) is 5. The van der Waals surface area contributed by atoms with Crippen LogP contribution in [0.4, 0.5) is 11.5 Å². The van der Waals surface area contributed by atoms with Crippen LogP contribution in [-0.2, 0) is 4.79 Å². The predicted octanol–water partition coefficient (Wildman–Crippen LogP) is 2.21. The third-order valence-electron chi connectivity index (χ3n) is 2.94. The van der Waals surface area contributed by atoms with Crippen LogP contribution in [0.15, 0.2) is 40.3 Å². The summed E-state index contributed by atoms with van der Waals surface area (Å²) in [7, 11) is 0. The van der Waals surface area contributed by atoms with Crippen molar-refractivity contribution in [3.8, 4) is 0 Å². The summed E-state index contributed by atoms with van der Waals surface area (Å²) in [6.45, 7) is 4.14. The molecule has 0 saturated carbocycles. The number of nitrogens with two attached hydrogens (primary N) is 1. The Morgan fingerprint density at radius 3 is 2.82 bits per heavy atom. The molecule has 0 aliphatic carbocycles. The van der Waals surface area contributed by atoms with Gasteiger partial charge in [-0.2, -0.15) is 0 Å². The summed E-state index contributed by atoms with van der Waals surface area (Å²) in [5.74, 6) is 0.426. The van der Waals surface area contributed by atoms with Gasteiger partial charge in [-0.15, -0.1) is 0 Å². The molecule has 2 rings (SSSR count). The SMILES string of the molecule is CC(C)c1ccccc1NC(=O)CSc1nc(N)cc(=O)[nH]1. The number of thioether (sulfide) groups is 1. The molecule has 0 unspecified atom stereocenters. The fourth-order valence-electron chi connectivity index (χ4n) is 1.96. The number of nitrogens with one attached hydrogen (secondary N) is 2. The first-order valence-electron chi connectivity index (χ1n) is 6.84. The molecule has 1 amide bonds.